The maximum atomic E-state index is 13.5. The van der Waals surface area contributed by atoms with Crippen molar-refractivity contribution in [2.75, 3.05) is 45.7 Å². The minimum Gasteiger partial charge on any atom is -0.491 e. The Morgan fingerprint density at radius 3 is 2.71 bits per heavy atom. The second-order valence-electron chi connectivity index (χ2n) is 9.75. The van der Waals surface area contributed by atoms with E-state index in [9.17, 15) is 9.59 Å². The molecule has 9 nitrogen and oxygen atoms in total. The highest BCUT2D eigenvalue weighted by atomic mass is 16.5. The lowest BCUT2D eigenvalue weighted by atomic mass is 10.0. The summed E-state index contributed by atoms with van der Waals surface area (Å²) in [7, 11) is 3.48. The third-order valence-electron chi connectivity index (χ3n) is 6.82. The molecule has 1 saturated carbocycles. The van der Waals surface area contributed by atoms with Crippen molar-refractivity contribution in [2.24, 2.45) is 11.8 Å². The van der Waals surface area contributed by atoms with Crippen molar-refractivity contribution in [3.63, 3.8) is 0 Å². The highest BCUT2D eigenvalue weighted by Crippen LogP contribution is 2.32. The van der Waals surface area contributed by atoms with Crippen LogP contribution in [0.4, 0.5) is 5.69 Å². The van der Waals surface area contributed by atoms with E-state index in [0.29, 0.717) is 30.2 Å². The topological polar surface area (TPSA) is 96.9 Å². The number of carbonyl (C=O) groups is 2. The van der Waals surface area contributed by atoms with Crippen LogP contribution in [0.3, 0.4) is 0 Å². The maximum Gasteiger partial charge on any atom is 0.275 e. The lowest BCUT2D eigenvalue weighted by Gasteiger charge is -2.36. The quantitative estimate of drug-likeness (QED) is 0.701. The van der Waals surface area contributed by atoms with Gasteiger partial charge in [0.05, 0.1) is 17.9 Å². The standard InChI is InChI=1S/C26H35N5O4/c1-17-13-31(14-19-5-6-19)18(2)16-35-23-8-7-20(29-25(32)22-12-27-9-10-28-22)11-21(23)26(33)30(3)15-24(17)34-4/h7-12,17-19,24H,5-6,13-16H2,1-4H3,(H,29,32)/t17-,18+,24-/m1/s1. The normalized spacial score (nSPS) is 24.1. The summed E-state index contributed by atoms with van der Waals surface area (Å²) in [5.74, 6) is 0.919. The van der Waals surface area contributed by atoms with E-state index in [1.165, 1.54) is 31.4 Å². The van der Waals surface area contributed by atoms with Crippen molar-refractivity contribution in [1.82, 2.24) is 19.8 Å². The van der Waals surface area contributed by atoms with Gasteiger partial charge < -0.3 is 19.7 Å². The highest BCUT2D eigenvalue weighted by Gasteiger charge is 2.31. The summed E-state index contributed by atoms with van der Waals surface area (Å²) >= 11 is 0. The molecule has 0 saturated heterocycles. The Kier molecular flexibility index (Phi) is 7.97. The zero-order valence-corrected chi connectivity index (χ0v) is 20.9. The number of likely N-dealkylation sites (N-methyl/N-ethyl adjacent to an activating group) is 1. The minimum atomic E-state index is -0.398. The maximum absolute atomic E-state index is 13.5. The van der Waals surface area contributed by atoms with Crippen molar-refractivity contribution in [1.29, 1.82) is 0 Å². The van der Waals surface area contributed by atoms with Crippen molar-refractivity contribution in [3.8, 4) is 5.75 Å². The van der Waals surface area contributed by atoms with Crippen LogP contribution in [-0.2, 0) is 4.74 Å². The molecule has 2 aliphatic rings. The first kappa shape index (κ1) is 25.1. The number of benzene rings is 1. The van der Waals surface area contributed by atoms with Crippen molar-refractivity contribution in [3.05, 3.63) is 48.0 Å². The van der Waals surface area contributed by atoms with Crippen LogP contribution in [0.2, 0.25) is 0 Å². The Hall–Kier alpha value is -3.04. The van der Waals surface area contributed by atoms with Crippen LogP contribution in [0, 0.1) is 11.8 Å². The molecular formula is C26H35N5O4. The predicted octanol–water partition coefficient (Wildman–Crippen LogP) is 2.94. The number of hydrogen-bond donors (Lipinski definition) is 1. The van der Waals surface area contributed by atoms with Gasteiger partial charge >= 0.3 is 0 Å². The van der Waals surface area contributed by atoms with E-state index in [4.69, 9.17) is 9.47 Å². The molecule has 1 fully saturated rings. The zero-order chi connectivity index (χ0) is 24.9. The molecule has 1 N–H and O–H groups in total. The fourth-order valence-corrected chi connectivity index (χ4v) is 4.43. The van der Waals surface area contributed by atoms with Crippen molar-refractivity contribution in [2.45, 2.75) is 38.8 Å². The average Bonchev–Trinajstić information content (AvgIpc) is 3.69. The number of ether oxygens (including phenoxy) is 2. The van der Waals surface area contributed by atoms with Crippen LogP contribution in [0.5, 0.6) is 5.75 Å². The molecule has 1 aromatic carbocycles. The molecule has 0 unspecified atom stereocenters. The summed E-state index contributed by atoms with van der Waals surface area (Å²) < 4.78 is 12.0. The van der Waals surface area contributed by atoms with Crippen molar-refractivity contribution < 1.29 is 19.1 Å². The fraction of sp³-hybridized carbons (Fsp3) is 0.538. The SMILES string of the molecule is CO[C@@H]1CN(C)C(=O)c2cc(NC(=O)c3cnccn3)ccc2OC[C@H](C)N(CC2CC2)C[C@H]1C. The molecule has 2 heterocycles. The van der Waals surface area contributed by atoms with Gasteiger partial charge in [0.1, 0.15) is 18.1 Å². The molecule has 1 aliphatic heterocycles. The molecular weight excluding hydrogens is 446 g/mol. The van der Waals surface area contributed by atoms with Crippen LogP contribution in [-0.4, -0.2) is 84.1 Å². The number of fused-ring (bicyclic) bond motifs is 1. The smallest absolute Gasteiger partial charge is 0.275 e. The first-order valence-electron chi connectivity index (χ1n) is 12.2. The third kappa shape index (κ3) is 6.35. The summed E-state index contributed by atoms with van der Waals surface area (Å²) in [6.07, 6.45) is 6.84. The van der Waals surface area contributed by atoms with Gasteiger partial charge in [0.15, 0.2) is 0 Å². The predicted molar refractivity (Wildman–Crippen MR) is 133 cm³/mol. The second-order valence-corrected chi connectivity index (χ2v) is 9.75. The van der Waals surface area contributed by atoms with E-state index in [0.717, 1.165) is 19.0 Å². The molecule has 0 bridgehead atoms. The van der Waals surface area contributed by atoms with Crippen LogP contribution in [0.1, 0.15) is 47.5 Å². The van der Waals surface area contributed by atoms with E-state index >= 15 is 0 Å². The van der Waals surface area contributed by atoms with Gasteiger partial charge in [0.2, 0.25) is 0 Å². The lowest BCUT2D eigenvalue weighted by molar-refractivity contribution is 0.00994. The number of carbonyl (C=O) groups excluding carboxylic acids is 2. The average molecular weight is 482 g/mol. The van der Waals surface area contributed by atoms with Crippen LogP contribution in [0.15, 0.2) is 36.8 Å². The van der Waals surface area contributed by atoms with Gasteiger partial charge in [-0.2, -0.15) is 0 Å². The van der Waals surface area contributed by atoms with E-state index in [-0.39, 0.29) is 29.7 Å². The molecule has 1 aromatic heterocycles. The molecule has 0 spiro atoms. The van der Waals surface area contributed by atoms with Crippen LogP contribution in [0.25, 0.3) is 0 Å². The Labute approximate surface area is 206 Å². The molecule has 2 amide bonds. The van der Waals surface area contributed by atoms with Gasteiger partial charge in [-0.3, -0.25) is 19.5 Å². The number of methoxy groups -OCH3 is 1. The van der Waals surface area contributed by atoms with E-state index in [2.05, 4.69) is 34.0 Å². The Balaban J connectivity index is 1.60. The number of nitrogens with one attached hydrogen (secondary N) is 1. The molecule has 4 rings (SSSR count). The molecule has 35 heavy (non-hydrogen) atoms. The summed E-state index contributed by atoms with van der Waals surface area (Å²) in [5, 5.41) is 2.80. The van der Waals surface area contributed by atoms with Gasteiger partial charge in [-0.15, -0.1) is 0 Å². The molecule has 188 valence electrons. The first-order valence-corrected chi connectivity index (χ1v) is 12.2. The summed E-state index contributed by atoms with van der Waals surface area (Å²) in [6, 6.07) is 5.32. The third-order valence-corrected chi connectivity index (χ3v) is 6.82. The molecule has 3 atom stereocenters. The molecule has 9 heteroatoms. The van der Waals surface area contributed by atoms with Gasteiger partial charge in [0.25, 0.3) is 11.8 Å². The minimum absolute atomic E-state index is 0.0961. The van der Waals surface area contributed by atoms with Gasteiger partial charge in [-0.05, 0) is 49.8 Å². The highest BCUT2D eigenvalue weighted by molar-refractivity contribution is 6.04. The Morgan fingerprint density at radius 1 is 1.23 bits per heavy atom. The summed E-state index contributed by atoms with van der Waals surface area (Å²) in [5.41, 5.74) is 1.08. The fourth-order valence-electron chi connectivity index (χ4n) is 4.43. The Morgan fingerprint density at radius 2 is 2.03 bits per heavy atom. The number of nitrogens with zero attached hydrogens (tertiary/aromatic N) is 4. The van der Waals surface area contributed by atoms with E-state index in [1.807, 2.05) is 0 Å². The van der Waals surface area contributed by atoms with E-state index < -0.39 is 5.91 Å². The van der Waals surface area contributed by atoms with Gasteiger partial charge in [-0.25, -0.2) is 4.98 Å². The van der Waals surface area contributed by atoms with Crippen LogP contribution >= 0.6 is 0 Å². The number of amides is 2. The molecule has 2 aromatic rings. The largest absolute Gasteiger partial charge is 0.491 e. The zero-order valence-electron chi connectivity index (χ0n) is 20.9. The summed E-state index contributed by atoms with van der Waals surface area (Å²) in [6.45, 7) is 7.22. The molecule has 0 radical (unpaired) electrons. The number of hydrogen-bond acceptors (Lipinski definition) is 7. The first-order chi connectivity index (χ1) is 16.9. The van der Waals surface area contributed by atoms with E-state index in [1.54, 1.807) is 37.3 Å². The van der Waals surface area contributed by atoms with Crippen LogP contribution < -0.4 is 10.1 Å². The lowest BCUT2D eigenvalue weighted by Crippen LogP contribution is -2.47. The number of aromatic nitrogens is 2. The summed E-state index contributed by atoms with van der Waals surface area (Å²) in [4.78, 5) is 38.2. The number of anilines is 1. The Bertz CT molecular complexity index is 1030. The number of rotatable bonds is 5. The second kappa shape index (κ2) is 11.1. The van der Waals surface area contributed by atoms with Crippen molar-refractivity contribution >= 4 is 17.5 Å². The molecule has 1 aliphatic carbocycles. The van der Waals surface area contributed by atoms with Gasteiger partial charge in [-0.1, -0.05) is 6.92 Å². The van der Waals surface area contributed by atoms with Gasteiger partial charge in [0, 0.05) is 57.9 Å². The monoisotopic (exact) mass is 481 g/mol.